The molecule has 15 heavy (non-hydrogen) atoms. The van der Waals surface area contributed by atoms with Gasteiger partial charge in [0.2, 0.25) is 0 Å². The standard InChI is InChI=1S/C12H16Br2O/c1-4-9(5-2)15-12-10(13)6-8(3)7-11(12)14/h6-7,9H,4-5H2,1-3H3. The number of halogens is 2. The van der Waals surface area contributed by atoms with Crippen LogP contribution in [0.5, 0.6) is 5.75 Å². The highest BCUT2D eigenvalue weighted by molar-refractivity contribution is 9.11. The van der Waals surface area contributed by atoms with E-state index >= 15 is 0 Å². The molecule has 3 heteroatoms. The minimum atomic E-state index is 0.292. The first-order valence-corrected chi connectivity index (χ1v) is 6.79. The van der Waals surface area contributed by atoms with Crippen molar-refractivity contribution in [2.24, 2.45) is 0 Å². The molecule has 0 unspecified atom stereocenters. The molecule has 1 aromatic rings. The lowest BCUT2D eigenvalue weighted by atomic mass is 10.2. The number of aryl methyl sites for hydroxylation is 1. The molecule has 0 aliphatic rings. The Balaban J connectivity index is 2.94. The van der Waals surface area contributed by atoms with E-state index in [9.17, 15) is 0 Å². The molecule has 0 heterocycles. The third-order valence-electron chi connectivity index (χ3n) is 2.34. The maximum atomic E-state index is 5.94. The first kappa shape index (κ1) is 13.0. The predicted octanol–water partition coefficient (Wildman–Crippen LogP) is 5.09. The van der Waals surface area contributed by atoms with Crippen LogP contribution in [0, 0.1) is 6.92 Å². The Morgan fingerprint density at radius 3 is 2.00 bits per heavy atom. The summed E-state index contributed by atoms with van der Waals surface area (Å²) in [5.41, 5.74) is 1.21. The predicted molar refractivity (Wildman–Crippen MR) is 71.6 cm³/mol. The molecule has 0 spiro atoms. The van der Waals surface area contributed by atoms with Gasteiger partial charge in [-0.2, -0.15) is 0 Å². The van der Waals surface area contributed by atoms with Crippen molar-refractivity contribution >= 4 is 31.9 Å². The van der Waals surface area contributed by atoms with Crippen molar-refractivity contribution in [3.63, 3.8) is 0 Å². The Labute approximate surface area is 108 Å². The molecule has 0 radical (unpaired) electrons. The van der Waals surface area contributed by atoms with Gasteiger partial charge in [0.25, 0.3) is 0 Å². The highest BCUT2D eigenvalue weighted by atomic mass is 79.9. The highest BCUT2D eigenvalue weighted by Gasteiger charge is 2.12. The van der Waals surface area contributed by atoms with Crippen LogP contribution in [-0.4, -0.2) is 6.10 Å². The first-order chi connectivity index (χ1) is 7.08. The molecular weight excluding hydrogens is 320 g/mol. The molecule has 0 fully saturated rings. The normalized spacial score (nSPS) is 10.8. The lowest BCUT2D eigenvalue weighted by molar-refractivity contribution is 0.190. The zero-order valence-corrected chi connectivity index (χ0v) is 12.5. The Morgan fingerprint density at radius 1 is 1.13 bits per heavy atom. The summed E-state index contributed by atoms with van der Waals surface area (Å²) in [7, 11) is 0. The van der Waals surface area contributed by atoms with E-state index in [1.54, 1.807) is 0 Å². The minimum Gasteiger partial charge on any atom is -0.488 e. The van der Waals surface area contributed by atoms with Crippen LogP contribution in [0.4, 0.5) is 0 Å². The molecule has 0 saturated heterocycles. The number of rotatable bonds is 4. The number of hydrogen-bond donors (Lipinski definition) is 0. The van der Waals surface area contributed by atoms with Gasteiger partial charge < -0.3 is 4.74 Å². The van der Waals surface area contributed by atoms with Gasteiger partial charge in [-0.3, -0.25) is 0 Å². The molecule has 0 N–H and O–H groups in total. The van der Waals surface area contributed by atoms with E-state index in [4.69, 9.17) is 4.74 Å². The smallest absolute Gasteiger partial charge is 0.148 e. The van der Waals surface area contributed by atoms with Gasteiger partial charge in [0, 0.05) is 0 Å². The second-order valence-corrected chi connectivity index (χ2v) is 5.32. The number of hydrogen-bond acceptors (Lipinski definition) is 1. The molecule has 0 aliphatic heterocycles. The minimum absolute atomic E-state index is 0.292. The van der Waals surface area contributed by atoms with E-state index < -0.39 is 0 Å². The second kappa shape index (κ2) is 5.90. The third kappa shape index (κ3) is 3.49. The molecule has 1 nitrogen and oxygen atoms in total. The van der Waals surface area contributed by atoms with E-state index in [0.717, 1.165) is 27.5 Å². The Kier molecular flexibility index (Phi) is 5.13. The maximum Gasteiger partial charge on any atom is 0.148 e. The summed E-state index contributed by atoms with van der Waals surface area (Å²) in [4.78, 5) is 0. The fourth-order valence-electron chi connectivity index (χ4n) is 1.42. The van der Waals surface area contributed by atoms with E-state index in [1.165, 1.54) is 5.56 Å². The monoisotopic (exact) mass is 334 g/mol. The van der Waals surface area contributed by atoms with Gasteiger partial charge in [-0.25, -0.2) is 0 Å². The lowest BCUT2D eigenvalue weighted by Gasteiger charge is -2.18. The summed E-state index contributed by atoms with van der Waals surface area (Å²) < 4.78 is 7.97. The summed E-state index contributed by atoms with van der Waals surface area (Å²) in [5.74, 6) is 0.911. The molecule has 0 bridgehead atoms. The molecule has 84 valence electrons. The van der Waals surface area contributed by atoms with Crippen LogP contribution in [0.15, 0.2) is 21.1 Å². The molecule has 0 aliphatic carbocycles. The van der Waals surface area contributed by atoms with Crippen LogP contribution in [0.2, 0.25) is 0 Å². The fourth-order valence-corrected chi connectivity index (χ4v) is 3.02. The second-order valence-electron chi connectivity index (χ2n) is 3.61. The van der Waals surface area contributed by atoms with Crippen molar-refractivity contribution < 1.29 is 4.74 Å². The highest BCUT2D eigenvalue weighted by Crippen LogP contribution is 2.35. The number of ether oxygens (including phenoxy) is 1. The Morgan fingerprint density at radius 2 is 1.60 bits per heavy atom. The third-order valence-corrected chi connectivity index (χ3v) is 3.52. The summed E-state index contributed by atoms with van der Waals surface area (Å²) in [6.07, 6.45) is 2.35. The van der Waals surface area contributed by atoms with Crippen LogP contribution < -0.4 is 4.74 Å². The van der Waals surface area contributed by atoms with E-state index in [1.807, 2.05) is 0 Å². The summed E-state index contributed by atoms with van der Waals surface area (Å²) in [5, 5.41) is 0. The molecule has 1 rings (SSSR count). The largest absolute Gasteiger partial charge is 0.488 e. The molecule has 0 amide bonds. The Hall–Kier alpha value is -0.0200. The molecule has 1 aromatic carbocycles. The zero-order valence-electron chi connectivity index (χ0n) is 9.31. The van der Waals surface area contributed by atoms with E-state index in [2.05, 4.69) is 64.8 Å². The van der Waals surface area contributed by atoms with Crippen molar-refractivity contribution in [2.45, 2.75) is 39.7 Å². The summed E-state index contributed by atoms with van der Waals surface area (Å²) in [6.45, 7) is 6.35. The average molecular weight is 336 g/mol. The molecule has 0 saturated carbocycles. The van der Waals surface area contributed by atoms with Crippen LogP contribution in [0.1, 0.15) is 32.3 Å². The summed E-state index contributed by atoms with van der Waals surface area (Å²) in [6, 6.07) is 4.14. The molecule has 0 aromatic heterocycles. The van der Waals surface area contributed by atoms with Gasteiger partial charge in [-0.15, -0.1) is 0 Å². The quantitative estimate of drug-likeness (QED) is 0.744. The molecule has 0 atom stereocenters. The van der Waals surface area contributed by atoms with Crippen LogP contribution in [-0.2, 0) is 0 Å². The van der Waals surface area contributed by atoms with Gasteiger partial charge in [-0.1, -0.05) is 13.8 Å². The SMILES string of the molecule is CCC(CC)Oc1c(Br)cc(C)cc1Br. The summed E-state index contributed by atoms with van der Waals surface area (Å²) >= 11 is 7.06. The van der Waals surface area contributed by atoms with E-state index in [-0.39, 0.29) is 0 Å². The Bertz CT molecular complexity index is 309. The van der Waals surface area contributed by atoms with Crippen LogP contribution in [0.3, 0.4) is 0 Å². The maximum absolute atomic E-state index is 5.94. The number of benzene rings is 1. The van der Waals surface area contributed by atoms with Crippen molar-refractivity contribution in [2.75, 3.05) is 0 Å². The van der Waals surface area contributed by atoms with Gasteiger partial charge in [0.05, 0.1) is 15.0 Å². The van der Waals surface area contributed by atoms with E-state index in [0.29, 0.717) is 6.10 Å². The zero-order chi connectivity index (χ0) is 11.4. The van der Waals surface area contributed by atoms with Gasteiger partial charge in [-0.05, 0) is 69.3 Å². The fraction of sp³-hybridized carbons (Fsp3) is 0.500. The first-order valence-electron chi connectivity index (χ1n) is 5.20. The van der Waals surface area contributed by atoms with Gasteiger partial charge in [0.1, 0.15) is 5.75 Å². The van der Waals surface area contributed by atoms with Crippen LogP contribution >= 0.6 is 31.9 Å². The lowest BCUT2D eigenvalue weighted by Crippen LogP contribution is -2.14. The van der Waals surface area contributed by atoms with Gasteiger partial charge >= 0.3 is 0 Å². The molecular formula is C12H16Br2O. The van der Waals surface area contributed by atoms with Crippen molar-refractivity contribution in [1.82, 2.24) is 0 Å². The average Bonchev–Trinajstić information content (AvgIpc) is 2.17. The van der Waals surface area contributed by atoms with Gasteiger partial charge in [0.15, 0.2) is 0 Å². The topological polar surface area (TPSA) is 9.23 Å². The van der Waals surface area contributed by atoms with Crippen molar-refractivity contribution in [1.29, 1.82) is 0 Å². The van der Waals surface area contributed by atoms with Crippen LogP contribution in [0.25, 0.3) is 0 Å². The van der Waals surface area contributed by atoms with Crippen molar-refractivity contribution in [3.05, 3.63) is 26.6 Å². The van der Waals surface area contributed by atoms with Crippen molar-refractivity contribution in [3.8, 4) is 5.75 Å².